The number of fused-ring (bicyclic) bond motifs is 1. The van der Waals surface area contributed by atoms with Crippen LogP contribution in [0, 0.1) is 5.82 Å². The van der Waals surface area contributed by atoms with E-state index in [9.17, 15) is 4.39 Å². The first-order valence-corrected chi connectivity index (χ1v) is 8.69. The largest absolute Gasteiger partial charge is 0.354 e. The Balaban J connectivity index is 1.57. The maximum Gasteiger partial charge on any atom is 0.226 e. The third-order valence-corrected chi connectivity index (χ3v) is 4.24. The number of nitrogens with one attached hydrogen (secondary N) is 2. The minimum Gasteiger partial charge on any atom is -0.354 e. The molecule has 6 nitrogen and oxygen atoms in total. The van der Waals surface area contributed by atoms with Gasteiger partial charge in [-0.25, -0.2) is 4.39 Å². The van der Waals surface area contributed by atoms with Crippen LogP contribution in [0.1, 0.15) is 5.56 Å². The molecule has 0 fully saturated rings. The van der Waals surface area contributed by atoms with Crippen LogP contribution >= 0.6 is 0 Å². The van der Waals surface area contributed by atoms with E-state index in [2.05, 4.69) is 37.8 Å². The molecule has 136 valence electrons. The quantitative estimate of drug-likeness (QED) is 0.544. The summed E-state index contributed by atoms with van der Waals surface area (Å²) in [6.07, 6.45) is 2.59. The number of hydrogen-bond donors (Lipinski definition) is 2. The van der Waals surface area contributed by atoms with Crippen molar-refractivity contribution in [3.8, 4) is 0 Å². The van der Waals surface area contributed by atoms with Gasteiger partial charge in [0.2, 0.25) is 5.95 Å². The molecule has 0 saturated heterocycles. The average Bonchev–Trinajstić information content (AvgIpc) is 3.06. The number of benzene rings is 2. The van der Waals surface area contributed by atoms with Crippen LogP contribution in [0.3, 0.4) is 0 Å². The molecule has 2 aromatic heterocycles. The Kier molecular flexibility index (Phi) is 4.65. The Morgan fingerprint density at radius 3 is 2.56 bits per heavy atom. The molecule has 7 heteroatoms. The van der Waals surface area contributed by atoms with Gasteiger partial charge in [-0.05, 0) is 36.2 Å². The minimum atomic E-state index is -0.280. The van der Waals surface area contributed by atoms with E-state index in [0.717, 1.165) is 23.1 Å². The van der Waals surface area contributed by atoms with Gasteiger partial charge in [-0.15, -0.1) is 0 Å². The molecular formula is C20H19FN6. The van der Waals surface area contributed by atoms with Gasteiger partial charge in [0, 0.05) is 19.3 Å². The lowest BCUT2D eigenvalue weighted by atomic mass is 10.1. The molecule has 0 aliphatic carbocycles. The summed E-state index contributed by atoms with van der Waals surface area (Å²) < 4.78 is 14.9. The van der Waals surface area contributed by atoms with Crippen molar-refractivity contribution in [1.29, 1.82) is 0 Å². The Hall–Kier alpha value is -3.48. The third kappa shape index (κ3) is 3.87. The van der Waals surface area contributed by atoms with Gasteiger partial charge >= 0.3 is 0 Å². The lowest BCUT2D eigenvalue weighted by Crippen LogP contribution is -2.10. The Bertz CT molecular complexity index is 1040. The fourth-order valence-corrected chi connectivity index (χ4v) is 2.83. The van der Waals surface area contributed by atoms with E-state index in [-0.39, 0.29) is 5.82 Å². The number of aryl methyl sites for hydroxylation is 1. The molecule has 0 unspecified atom stereocenters. The fourth-order valence-electron chi connectivity index (χ4n) is 2.83. The number of nitrogens with zero attached hydrogens (tertiary/aromatic N) is 4. The van der Waals surface area contributed by atoms with Gasteiger partial charge in [0.25, 0.3) is 0 Å². The molecule has 0 aliphatic heterocycles. The summed E-state index contributed by atoms with van der Waals surface area (Å²) in [4.78, 5) is 9.14. The monoisotopic (exact) mass is 362 g/mol. The van der Waals surface area contributed by atoms with Gasteiger partial charge in [-0.2, -0.15) is 15.1 Å². The van der Waals surface area contributed by atoms with Gasteiger partial charge in [-0.3, -0.25) is 4.68 Å². The molecule has 4 rings (SSSR count). The van der Waals surface area contributed by atoms with E-state index in [1.54, 1.807) is 23.0 Å². The van der Waals surface area contributed by atoms with Crippen LogP contribution in [0.25, 0.3) is 11.0 Å². The van der Waals surface area contributed by atoms with Crippen molar-refractivity contribution in [3.63, 3.8) is 0 Å². The van der Waals surface area contributed by atoms with Crippen molar-refractivity contribution in [3.05, 3.63) is 72.2 Å². The first kappa shape index (κ1) is 17.0. The van der Waals surface area contributed by atoms with E-state index < -0.39 is 0 Å². The van der Waals surface area contributed by atoms with E-state index in [1.165, 1.54) is 17.7 Å². The lowest BCUT2D eigenvalue weighted by Gasteiger charge is -2.10. The second-order valence-corrected chi connectivity index (χ2v) is 6.20. The van der Waals surface area contributed by atoms with Gasteiger partial charge < -0.3 is 10.6 Å². The van der Waals surface area contributed by atoms with Crippen LogP contribution in [-0.2, 0) is 13.5 Å². The molecule has 0 spiro atoms. The Labute approximate surface area is 156 Å². The first-order chi connectivity index (χ1) is 13.2. The number of halogens is 1. The van der Waals surface area contributed by atoms with E-state index in [4.69, 9.17) is 0 Å². The number of hydrogen-bond acceptors (Lipinski definition) is 5. The topological polar surface area (TPSA) is 67.7 Å². The summed E-state index contributed by atoms with van der Waals surface area (Å²) in [6, 6.07) is 16.4. The predicted octanol–water partition coefficient (Wildman–Crippen LogP) is 3.90. The van der Waals surface area contributed by atoms with Crippen LogP contribution in [0.15, 0.2) is 60.8 Å². The molecule has 0 radical (unpaired) electrons. The van der Waals surface area contributed by atoms with Gasteiger partial charge in [0.05, 0.1) is 11.6 Å². The summed E-state index contributed by atoms with van der Waals surface area (Å²) in [5.74, 6) is 0.867. The molecule has 2 heterocycles. The standard InChI is InChI=1S/C20H19FN6/c1-27-19-17(13-23-27)18(24-16-9-7-15(21)8-10-16)25-20(26-19)22-12-11-14-5-3-2-4-6-14/h2-10,13H,11-12H2,1H3,(H2,22,24,25,26). The molecule has 0 aliphatic rings. The number of anilines is 3. The van der Waals surface area contributed by atoms with E-state index in [1.807, 2.05) is 25.2 Å². The molecule has 2 N–H and O–H groups in total. The molecule has 0 bridgehead atoms. The van der Waals surface area contributed by atoms with Crippen molar-refractivity contribution < 1.29 is 4.39 Å². The first-order valence-electron chi connectivity index (χ1n) is 8.69. The van der Waals surface area contributed by atoms with Crippen LogP contribution in [0.2, 0.25) is 0 Å². The maximum absolute atomic E-state index is 13.1. The second-order valence-electron chi connectivity index (χ2n) is 6.20. The van der Waals surface area contributed by atoms with E-state index in [0.29, 0.717) is 18.3 Å². The Morgan fingerprint density at radius 1 is 1.00 bits per heavy atom. The second kappa shape index (κ2) is 7.41. The molecule has 0 saturated carbocycles. The highest BCUT2D eigenvalue weighted by Crippen LogP contribution is 2.25. The predicted molar refractivity (Wildman–Crippen MR) is 105 cm³/mol. The highest BCUT2D eigenvalue weighted by molar-refractivity contribution is 5.89. The molecule has 27 heavy (non-hydrogen) atoms. The van der Waals surface area contributed by atoms with Crippen molar-refractivity contribution in [1.82, 2.24) is 19.7 Å². The zero-order valence-corrected chi connectivity index (χ0v) is 14.9. The zero-order valence-electron chi connectivity index (χ0n) is 14.9. The number of rotatable bonds is 6. The van der Waals surface area contributed by atoms with Crippen molar-refractivity contribution >= 4 is 28.5 Å². The molecule has 0 atom stereocenters. The Morgan fingerprint density at radius 2 is 1.78 bits per heavy atom. The van der Waals surface area contributed by atoms with Gasteiger partial charge in [0.15, 0.2) is 5.65 Å². The van der Waals surface area contributed by atoms with Crippen LogP contribution in [0.5, 0.6) is 0 Å². The normalized spacial score (nSPS) is 10.9. The van der Waals surface area contributed by atoms with Crippen molar-refractivity contribution in [2.45, 2.75) is 6.42 Å². The van der Waals surface area contributed by atoms with Gasteiger partial charge in [-0.1, -0.05) is 30.3 Å². The molecular weight excluding hydrogens is 343 g/mol. The fraction of sp³-hybridized carbons (Fsp3) is 0.150. The highest BCUT2D eigenvalue weighted by atomic mass is 19.1. The number of aromatic nitrogens is 4. The van der Waals surface area contributed by atoms with Crippen LogP contribution < -0.4 is 10.6 Å². The summed E-state index contributed by atoms with van der Waals surface area (Å²) in [6.45, 7) is 0.712. The molecule has 2 aromatic carbocycles. The van der Waals surface area contributed by atoms with Crippen molar-refractivity contribution in [2.75, 3.05) is 17.2 Å². The van der Waals surface area contributed by atoms with Gasteiger partial charge in [0.1, 0.15) is 11.6 Å². The lowest BCUT2D eigenvalue weighted by molar-refractivity contribution is 0.628. The minimum absolute atomic E-state index is 0.280. The van der Waals surface area contributed by atoms with Crippen LogP contribution in [-0.4, -0.2) is 26.3 Å². The summed E-state index contributed by atoms with van der Waals surface area (Å²) >= 11 is 0. The summed E-state index contributed by atoms with van der Waals surface area (Å²) in [5, 5.41) is 11.6. The smallest absolute Gasteiger partial charge is 0.226 e. The van der Waals surface area contributed by atoms with Crippen molar-refractivity contribution in [2.24, 2.45) is 7.05 Å². The zero-order chi connectivity index (χ0) is 18.6. The third-order valence-electron chi connectivity index (χ3n) is 4.24. The molecule has 4 aromatic rings. The maximum atomic E-state index is 13.1. The highest BCUT2D eigenvalue weighted by Gasteiger charge is 2.12. The van der Waals surface area contributed by atoms with E-state index >= 15 is 0 Å². The summed E-state index contributed by atoms with van der Waals surface area (Å²) in [5.41, 5.74) is 2.71. The molecule has 0 amide bonds. The van der Waals surface area contributed by atoms with Crippen LogP contribution in [0.4, 0.5) is 21.8 Å². The summed E-state index contributed by atoms with van der Waals surface area (Å²) in [7, 11) is 1.84. The SMILES string of the molecule is Cn1ncc2c(Nc3ccc(F)cc3)nc(NCCc3ccccc3)nc21. The average molecular weight is 362 g/mol.